The van der Waals surface area contributed by atoms with Crippen molar-refractivity contribution in [1.82, 2.24) is 10.3 Å². The smallest absolute Gasteiger partial charge is 0.223 e. The van der Waals surface area contributed by atoms with Gasteiger partial charge in [0.1, 0.15) is 0 Å². The van der Waals surface area contributed by atoms with Gasteiger partial charge in [0.05, 0.1) is 5.69 Å². The van der Waals surface area contributed by atoms with Crippen LogP contribution in [0.25, 0.3) is 0 Å². The fraction of sp³-hybridized carbons (Fsp3) is 0.400. The average Bonchev–Trinajstić information content (AvgIpc) is 3.10. The van der Waals surface area contributed by atoms with Gasteiger partial charge in [0.25, 0.3) is 0 Å². The van der Waals surface area contributed by atoms with E-state index in [1.165, 1.54) is 28.0 Å². The molecule has 0 aliphatic heterocycles. The van der Waals surface area contributed by atoms with E-state index in [-0.39, 0.29) is 11.9 Å². The van der Waals surface area contributed by atoms with Crippen molar-refractivity contribution in [2.24, 2.45) is 5.73 Å². The Labute approximate surface area is 143 Å². The Morgan fingerprint density at radius 2 is 2.04 bits per heavy atom. The number of carbonyl (C=O) groups excluding carboxylic acids is 1. The maximum atomic E-state index is 11.0. The number of amides is 1. The third-order valence-electron chi connectivity index (χ3n) is 3.09. The predicted molar refractivity (Wildman–Crippen MR) is 96.4 cm³/mol. The largest absolute Gasteiger partial charge is 0.370 e. The second kappa shape index (κ2) is 8.64. The fourth-order valence-electron chi connectivity index (χ4n) is 2.06. The summed E-state index contributed by atoms with van der Waals surface area (Å²) < 4.78 is 0. The number of carbonyl (C=O) groups is 1. The molecular weight excluding hydrogens is 330 g/mol. The molecule has 6 nitrogen and oxygen atoms in total. The van der Waals surface area contributed by atoms with Crippen molar-refractivity contribution in [2.45, 2.75) is 32.6 Å². The van der Waals surface area contributed by atoms with Crippen molar-refractivity contribution in [2.75, 3.05) is 11.9 Å². The molecule has 1 amide bonds. The van der Waals surface area contributed by atoms with Gasteiger partial charge in [0, 0.05) is 28.6 Å². The van der Waals surface area contributed by atoms with Crippen molar-refractivity contribution < 1.29 is 4.79 Å². The van der Waals surface area contributed by atoms with Gasteiger partial charge in [-0.15, -0.1) is 22.7 Å². The Kier molecular flexibility index (Phi) is 6.54. The number of hydrogen-bond acceptors (Lipinski definition) is 5. The Morgan fingerprint density at radius 3 is 2.74 bits per heavy atom. The summed E-state index contributed by atoms with van der Waals surface area (Å²) in [6, 6.07) is 4.33. The lowest BCUT2D eigenvalue weighted by atomic mass is 10.2. The topological polar surface area (TPSA) is 104 Å². The predicted octanol–water partition coefficient (Wildman–Crippen LogP) is 2.36. The number of anilines is 1. The summed E-state index contributed by atoms with van der Waals surface area (Å²) in [5, 5.41) is 15.3. The molecule has 5 N–H and O–H groups in total. The molecule has 2 aromatic rings. The monoisotopic (exact) mass is 351 g/mol. The number of thiophene rings is 1. The summed E-state index contributed by atoms with van der Waals surface area (Å²) in [6.45, 7) is 2.22. The lowest BCUT2D eigenvalue weighted by Crippen LogP contribution is -2.31. The third kappa shape index (κ3) is 6.37. The normalized spacial score (nSPS) is 10.5. The molecule has 2 rings (SSSR count). The minimum Gasteiger partial charge on any atom is -0.370 e. The highest BCUT2D eigenvalue weighted by atomic mass is 32.1. The number of aryl methyl sites for hydroxylation is 3. The molecule has 124 valence electrons. The van der Waals surface area contributed by atoms with Crippen LogP contribution in [0, 0.1) is 5.41 Å². The van der Waals surface area contributed by atoms with Crippen LogP contribution >= 0.6 is 22.7 Å². The van der Waals surface area contributed by atoms with Crippen molar-refractivity contribution in [1.29, 1.82) is 5.41 Å². The molecule has 0 bridgehead atoms. The molecule has 0 fully saturated rings. The number of thiazole rings is 1. The lowest BCUT2D eigenvalue weighted by Gasteiger charge is -2.01. The first-order valence-corrected chi connectivity index (χ1v) is 9.10. The zero-order valence-corrected chi connectivity index (χ0v) is 14.6. The zero-order valence-electron chi connectivity index (χ0n) is 13.0. The molecule has 2 heterocycles. The van der Waals surface area contributed by atoms with Crippen LogP contribution in [-0.2, 0) is 24.1 Å². The number of rotatable bonds is 8. The number of nitrogens with zero attached hydrogens (tertiary/aromatic N) is 1. The van der Waals surface area contributed by atoms with Crippen LogP contribution in [0.2, 0.25) is 0 Å². The second-order valence-corrected chi connectivity index (χ2v) is 7.25. The summed E-state index contributed by atoms with van der Waals surface area (Å²) in [6.07, 6.45) is 3.79. The van der Waals surface area contributed by atoms with E-state index in [4.69, 9.17) is 11.1 Å². The van der Waals surface area contributed by atoms with Gasteiger partial charge in [0.2, 0.25) is 5.91 Å². The third-order valence-corrected chi connectivity index (χ3v) is 5.11. The van der Waals surface area contributed by atoms with Gasteiger partial charge >= 0.3 is 0 Å². The first kappa shape index (κ1) is 17.4. The van der Waals surface area contributed by atoms with Crippen molar-refractivity contribution in [3.8, 4) is 0 Å². The molecule has 0 radical (unpaired) electrons. The number of hydrogen-bond donors (Lipinski definition) is 4. The number of nitrogens with one attached hydrogen (secondary N) is 3. The molecule has 0 aromatic carbocycles. The first-order chi connectivity index (χ1) is 11.0. The first-order valence-electron chi connectivity index (χ1n) is 7.40. The second-order valence-electron chi connectivity index (χ2n) is 5.14. The average molecular weight is 352 g/mol. The van der Waals surface area contributed by atoms with Crippen molar-refractivity contribution >= 4 is 39.7 Å². The summed E-state index contributed by atoms with van der Waals surface area (Å²) >= 11 is 3.28. The molecule has 0 spiro atoms. The van der Waals surface area contributed by atoms with Gasteiger partial charge in [-0.3, -0.25) is 10.2 Å². The van der Waals surface area contributed by atoms with E-state index in [1.54, 1.807) is 0 Å². The Bertz CT molecular complexity index is 664. The van der Waals surface area contributed by atoms with Crippen LogP contribution in [0.4, 0.5) is 5.13 Å². The van der Waals surface area contributed by atoms with E-state index in [0.717, 1.165) is 37.9 Å². The number of guanidine groups is 1. The molecular formula is C15H21N5OS2. The Balaban J connectivity index is 1.74. The van der Waals surface area contributed by atoms with E-state index in [0.29, 0.717) is 5.13 Å². The molecule has 0 saturated heterocycles. The highest BCUT2D eigenvalue weighted by Crippen LogP contribution is 2.21. The van der Waals surface area contributed by atoms with Crippen LogP contribution in [0.1, 0.15) is 28.8 Å². The van der Waals surface area contributed by atoms with E-state index in [2.05, 4.69) is 27.8 Å². The maximum absolute atomic E-state index is 11.0. The maximum Gasteiger partial charge on any atom is 0.223 e. The summed E-state index contributed by atoms with van der Waals surface area (Å²) in [4.78, 5) is 18.1. The standard InChI is InChI=1S/C15H21N5OS2/c1-10(21)19-15-20-11(9-22-15)4-5-13-7-6-12(23-13)3-2-8-18-14(16)17/h6-7,9H,2-5,8H2,1H3,(H4,16,17,18)(H,19,20,21). The number of aromatic nitrogens is 1. The van der Waals surface area contributed by atoms with Crippen LogP contribution in [0.3, 0.4) is 0 Å². The van der Waals surface area contributed by atoms with E-state index in [1.807, 2.05) is 16.7 Å². The molecule has 0 aliphatic carbocycles. The highest BCUT2D eigenvalue weighted by Gasteiger charge is 2.05. The molecule has 0 aliphatic rings. The van der Waals surface area contributed by atoms with Crippen LogP contribution < -0.4 is 16.4 Å². The highest BCUT2D eigenvalue weighted by molar-refractivity contribution is 7.14. The lowest BCUT2D eigenvalue weighted by molar-refractivity contribution is -0.114. The van der Waals surface area contributed by atoms with Gasteiger partial charge in [-0.05, 0) is 37.8 Å². The molecule has 0 saturated carbocycles. The minimum atomic E-state index is -0.0898. The van der Waals surface area contributed by atoms with Gasteiger partial charge in [-0.1, -0.05) is 0 Å². The zero-order chi connectivity index (χ0) is 16.7. The van der Waals surface area contributed by atoms with Gasteiger partial charge < -0.3 is 16.4 Å². The van der Waals surface area contributed by atoms with Crippen molar-refractivity contribution in [3.63, 3.8) is 0 Å². The van der Waals surface area contributed by atoms with Crippen molar-refractivity contribution in [3.05, 3.63) is 33.0 Å². The minimum absolute atomic E-state index is 0.0266. The Morgan fingerprint density at radius 1 is 1.30 bits per heavy atom. The van der Waals surface area contributed by atoms with E-state index < -0.39 is 0 Å². The van der Waals surface area contributed by atoms with Crippen LogP contribution in [0.5, 0.6) is 0 Å². The van der Waals surface area contributed by atoms with Crippen LogP contribution in [0.15, 0.2) is 17.5 Å². The molecule has 23 heavy (non-hydrogen) atoms. The van der Waals surface area contributed by atoms with Gasteiger partial charge in [0.15, 0.2) is 11.1 Å². The summed E-state index contributed by atoms with van der Waals surface area (Å²) in [5.74, 6) is -0.0631. The summed E-state index contributed by atoms with van der Waals surface area (Å²) in [5.41, 5.74) is 6.26. The fourth-order valence-corrected chi connectivity index (χ4v) is 3.91. The van der Waals surface area contributed by atoms with Gasteiger partial charge in [-0.2, -0.15) is 0 Å². The van der Waals surface area contributed by atoms with Gasteiger partial charge in [-0.25, -0.2) is 4.98 Å². The van der Waals surface area contributed by atoms with Crippen LogP contribution in [-0.4, -0.2) is 23.4 Å². The van der Waals surface area contributed by atoms with E-state index >= 15 is 0 Å². The molecule has 2 aromatic heterocycles. The Hall–Kier alpha value is -1.93. The van der Waals surface area contributed by atoms with E-state index in [9.17, 15) is 4.79 Å². The molecule has 8 heteroatoms. The quantitative estimate of drug-likeness (QED) is 0.333. The summed E-state index contributed by atoms with van der Waals surface area (Å²) in [7, 11) is 0. The molecule has 0 atom stereocenters. The SMILES string of the molecule is CC(=O)Nc1nc(CCc2ccc(CCCNC(=N)N)s2)cs1. The number of nitrogens with two attached hydrogens (primary N) is 1. The molecule has 0 unspecified atom stereocenters.